The fraction of sp³-hybridized carbons (Fsp3) is 0.533. The number of thioether (sulfide) groups is 1. The van der Waals surface area contributed by atoms with Gasteiger partial charge in [-0.25, -0.2) is 0 Å². The van der Waals surface area contributed by atoms with Gasteiger partial charge < -0.3 is 5.73 Å². The quantitative estimate of drug-likeness (QED) is 0.865. The molecule has 104 valence electrons. The Balaban J connectivity index is 2.11. The van der Waals surface area contributed by atoms with Crippen molar-refractivity contribution in [2.24, 2.45) is 5.73 Å². The summed E-state index contributed by atoms with van der Waals surface area (Å²) < 4.78 is 0. The smallest absolute Gasteiger partial charge is 0.0816 e. The average Bonchev–Trinajstić information content (AvgIpc) is 2.41. The van der Waals surface area contributed by atoms with Gasteiger partial charge in [0.2, 0.25) is 0 Å². The summed E-state index contributed by atoms with van der Waals surface area (Å²) in [7, 11) is 0. The van der Waals surface area contributed by atoms with Gasteiger partial charge in [0.05, 0.1) is 4.99 Å². The van der Waals surface area contributed by atoms with E-state index in [1.807, 2.05) is 6.07 Å². The van der Waals surface area contributed by atoms with Gasteiger partial charge in [0, 0.05) is 36.1 Å². The second-order valence-corrected chi connectivity index (χ2v) is 7.13. The Kier molecular flexibility index (Phi) is 5.25. The molecule has 19 heavy (non-hydrogen) atoms. The van der Waals surface area contributed by atoms with E-state index in [0.29, 0.717) is 16.3 Å². The summed E-state index contributed by atoms with van der Waals surface area (Å²) >= 11 is 7.34. The van der Waals surface area contributed by atoms with E-state index in [1.54, 1.807) is 0 Å². The van der Waals surface area contributed by atoms with E-state index in [1.165, 1.54) is 11.3 Å². The Morgan fingerprint density at radius 3 is 2.74 bits per heavy atom. The molecule has 1 fully saturated rings. The number of thiocarbonyl (C=S) groups is 1. The van der Waals surface area contributed by atoms with Gasteiger partial charge in [0.15, 0.2) is 0 Å². The van der Waals surface area contributed by atoms with Crippen molar-refractivity contribution in [1.82, 2.24) is 4.90 Å². The third kappa shape index (κ3) is 3.71. The Labute approximate surface area is 125 Å². The van der Waals surface area contributed by atoms with E-state index in [9.17, 15) is 0 Å². The van der Waals surface area contributed by atoms with Crippen LogP contribution >= 0.6 is 24.0 Å². The summed E-state index contributed by atoms with van der Waals surface area (Å²) in [5, 5.41) is 0.677. The predicted molar refractivity (Wildman–Crippen MR) is 88.9 cm³/mol. The zero-order valence-electron chi connectivity index (χ0n) is 11.6. The molecule has 0 bridgehead atoms. The first-order valence-corrected chi connectivity index (χ1v) is 8.25. The van der Waals surface area contributed by atoms with Crippen molar-refractivity contribution in [3.05, 3.63) is 35.9 Å². The maximum absolute atomic E-state index is 5.97. The predicted octanol–water partition coefficient (Wildman–Crippen LogP) is 2.88. The van der Waals surface area contributed by atoms with Gasteiger partial charge in [-0.05, 0) is 12.5 Å². The van der Waals surface area contributed by atoms with Crippen LogP contribution in [0.25, 0.3) is 0 Å². The maximum Gasteiger partial charge on any atom is 0.0816 e. The number of benzene rings is 1. The average molecular weight is 294 g/mol. The molecule has 0 aromatic heterocycles. The molecule has 2 rings (SSSR count). The zero-order chi connectivity index (χ0) is 13.8. The number of nitrogens with zero attached hydrogens (tertiary/aromatic N) is 1. The molecule has 0 saturated carbocycles. The number of hydrogen-bond acceptors (Lipinski definition) is 3. The Bertz CT molecular complexity index is 421. The molecule has 0 aliphatic carbocycles. The molecule has 1 heterocycles. The second-order valence-electron chi connectivity index (χ2n) is 5.18. The zero-order valence-corrected chi connectivity index (χ0v) is 13.2. The highest BCUT2D eigenvalue weighted by molar-refractivity contribution is 8.00. The minimum absolute atomic E-state index is 0.161. The van der Waals surface area contributed by atoms with E-state index in [2.05, 4.69) is 54.8 Å². The van der Waals surface area contributed by atoms with Crippen LogP contribution in [0, 0.1) is 0 Å². The van der Waals surface area contributed by atoms with Crippen LogP contribution in [0.1, 0.15) is 25.3 Å². The summed E-state index contributed by atoms with van der Waals surface area (Å²) in [4.78, 5) is 3.13. The van der Waals surface area contributed by atoms with Gasteiger partial charge in [-0.3, -0.25) is 4.90 Å². The maximum atomic E-state index is 5.97. The molecule has 2 N–H and O–H groups in total. The lowest BCUT2D eigenvalue weighted by molar-refractivity contribution is 0.211. The highest BCUT2D eigenvalue weighted by atomic mass is 32.2. The SMILES string of the molecule is CC1SCCN(CC(C(N)=S)c2ccccc2)C1C. The van der Waals surface area contributed by atoms with Crippen LogP contribution < -0.4 is 5.73 Å². The molecule has 3 atom stereocenters. The molecule has 1 aliphatic heterocycles. The van der Waals surface area contributed by atoms with Crippen LogP contribution in [0.5, 0.6) is 0 Å². The highest BCUT2D eigenvalue weighted by Crippen LogP contribution is 2.27. The molecule has 4 heteroatoms. The topological polar surface area (TPSA) is 29.3 Å². The van der Waals surface area contributed by atoms with Crippen molar-refractivity contribution in [1.29, 1.82) is 0 Å². The molecule has 0 spiro atoms. The van der Waals surface area contributed by atoms with E-state index >= 15 is 0 Å². The summed E-state index contributed by atoms with van der Waals surface area (Å²) in [6.45, 7) is 6.67. The highest BCUT2D eigenvalue weighted by Gasteiger charge is 2.28. The van der Waals surface area contributed by atoms with E-state index in [-0.39, 0.29) is 5.92 Å². The van der Waals surface area contributed by atoms with Gasteiger partial charge in [0.25, 0.3) is 0 Å². The van der Waals surface area contributed by atoms with Crippen molar-refractivity contribution in [3.8, 4) is 0 Å². The van der Waals surface area contributed by atoms with Crippen LogP contribution in [0.2, 0.25) is 0 Å². The van der Waals surface area contributed by atoms with Crippen LogP contribution in [-0.4, -0.2) is 40.0 Å². The van der Waals surface area contributed by atoms with Gasteiger partial charge >= 0.3 is 0 Å². The lowest BCUT2D eigenvalue weighted by atomic mass is 9.97. The third-order valence-corrected chi connectivity index (χ3v) is 5.60. The van der Waals surface area contributed by atoms with Crippen LogP contribution in [0.3, 0.4) is 0 Å². The first-order valence-electron chi connectivity index (χ1n) is 6.79. The number of rotatable bonds is 4. The Hall–Kier alpha value is -0.580. The lowest BCUT2D eigenvalue weighted by Gasteiger charge is -2.39. The molecule has 3 unspecified atom stereocenters. The third-order valence-electron chi connectivity index (χ3n) is 3.98. The summed E-state index contributed by atoms with van der Waals surface area (Å²) in [6, 6.07) is 11.0. The Morgan fingerprint density at radius 1 is 1.42 bits per heavy atom. The van der Waals surface area contributed by atoms with Gasteiger partial charge in [-0.1, -0.05) is 49.5 Å². The van der Waals surface area contributed by atoms with E-state index < -0.39 is 0 Å². The second kappa shape index (κ2) is 6.73. The molecule has 1 aromatic carbocycles. The van der Waals surface area contributed by atoms with Crippen molar-refractivity contribution < 1.29 is 0 Å². The molecule has 1 saturated heterocycles. The largest absolute Gasteiger partial charge is 0.393 e. The molecular weight excluding hydrogens is 272 g/mol. The first kappa shape index (κ1) is 14.8. The molecule has 1 aromatic rings. The Morgan fingerprint density at radius 2 is 2.11 bits per heavy atom. The summed E-state index contributed by atoms with van der Waals surface area (Å²) in [5.41, 5.74) is 7.20. The van der Waals surface area contributed by atoms with Gasteiger partial charge in [0.1, 0.15) is 0 Å². The molecular formula is C15H22N2S2. The van der Waals surface area contributed by atoms with Crippen molar-refractivity contribution >= 4 is 29.0 Å². The summed E-state index contributed by atoms with van der Waals surface area (Å²) in [5.74, 6) is 1.36. The van der Waals surface area contributed by atoms with Crippen molar-refractivity contribution in [2.75, 3.05) is 18.8 Å². The van der Waals surface area contributed by atoms with Gasteiger partial charge in [-0.2, -0.15) is 11.8 Å². The normalized spacial score (nSPS) is 26.0. The fourth-order valence-corrected chi connectivity index (χ4v) is 3.91. The number of hydrogen-bond donors (Lipinski definition) is 1. The molecule has 0 radical (unpaired) electrons. The van der Waals surface area contributed by atoms with Crippen molar-refractivity contribution in [3.63, 3.8) is 0 Å². The molecule has 0 amide bonds. The minimum Gasteiger partial charge on any atom is -0.393 e. The molecule has 1 aliphatic rings. The lowest BCUT2D eigenvalue weighted by Crippen LogP contribution is -2.47. The minimum atomic E-state index is 0.161. The first-order chi connectivity index (χ1) is 9.09. The summed E-state index contributed by atoms with van der Waals surface area (Å²) in [6.07, 6.45) is 0. The van der Waals surface area contributed by atoms with Crippen molar-refractivity contribution in [2.45, 2.75) is 31.1 Å². The van der Waals surface area contributed by atoms with Crippen LogP contribution in [0.15, 0.2) is 30.3 Å². The van der Waals surface area contributed by atoms with Crippen LogP contribution in [-0.2, 0) is 0 Å². The standard InChI is InChI=1S/C15H22N2S2/c1-11-12(2)19-9-8-17(11)10-14(15(16)18)13-6-4-3-5-7-13/h3-7,11-12,14H,8-10H2,1-2H3,(H2,16,18). The van der Waals surface area contributed by atoms with E-state index in [0.717, 1.165) is 13.1 Å². The molecule has 2 nitrogen and oxygen atoms in total. The number of nitrogens with two attached hydrogens (primary N) is 1. The van der Waals surface area contributed by atoms with Gasteiger partial charge in [-0.15, -0.1) is 0 Å². The van der Waals surface area contributed by atoms with E-state index in [4.69, 9.17) is 18.0 Å². The van der Waals surface area contributed by atoms with Crippen LogP contribution in [0.4, 0.5) is 0 Å². The monoisotopic (exact) mass is 294 g/mol. The fourth-order valence-electron chi connectivity index (χ4n) is 2.53.